The molecule has 202 valence electrons. The molecule has 3 aromatic carbocycles. The smallest absolute Gasteiger partial charge is 0.321 e. The number of ketones is 1. The summed E-state index contributed by atoms with van der Waals surface area (Å²) in [6.07, 6.45) is 1.88. The van der Waals surface area contributed by atoms with Crippen LogP contribution in [0.15, 0.2) is 83.9 Å². The van der Waals surface area contributed by atoms with Crippen LogP contribution in [0.25, 0.3) is 11.1 Å². The minimum absolute atomic E-state index is 0.163. The largest absolute Gasteiger partial charge is 0.494 e. The first-order valence-electron chi connectivity index (χ1n) is 13.7. The zero-order valence-electron chi connectivity index (χ0n) is 23.4. The first-order valence-corrected chi connectivity index (χ1v) is 13.7. The lowest BCUT2D eigenvalue weighted by molar-refractivity contribution is -0.147. The van der Waals surface area contributed by atoms with Crippen LogP contribution in [-0.4, -0.2) is 37.2 Å². The Morgan fingerprint density at radius 3 is 2.13 bits per heavy atom. The Morgan fingerprint density at radius 1 is 0.816 bits per heavy atom. The maximum Gasteiger partial charge on any atom is 0.321 e. The number of nitrogens with zero attached hydrogens (tertiary/aromatic N) is 1. The van der Waals surface area contributed by atoms with Gasteiger partial charge in [0.15, 0.2) is 5.78 Å². The highest BCUT2D eigenvalue weighted by Gasteiger charge is 2.28. The monoisotopic (exact) mass is 515 g/mol. The molecule has 0 amide bonds. The number of benzene rings is 3. The SMILES string of the molecule is CC.CCOC(=O)C(C(=O)CC)c1cccc(OCCCN=C(CC)c2ccc(-c3ccccc3)cc2)c1. The second-order valence-corrected chi connectivity index (χ2v) is 8.40. The summed E-state index contributed by atoms with van der Waals surface area (Å²) < 4.78 is 11.0. The molecule has 0 saturated heterocycles. The van der Waals surface area contributed by atoms with Crippen LogP contribution in [-0.2, 0) is 14.3 Å². The fourth-order valence-corrected chi connectivity index (χ4v) is 4.03. The maximum atomic E-state index is 12.4. The Hall–Kier alpha value is -3.73. The normalized spacial score (nSPS) is 11.7. The van der Waals surface area contributed by atoms with E-state index in [2.05, 4.69) is 43.3 Å². The first-order chi connectivity index (χ1) is 18.6. The molecule has 0 aliphatic heterocycles. The van der Waals surface area contributed by atoms with E-state index in [-0.39, 0.29) is 18.8 Å². The molecule has 0 saturated carbocycles. The molecule has 1 atom stereocenters. The second-order valence-electron chi connectivity index (χ2n) is 8.40. The molecule has 0 N–H and O–H groups in total. The molecule has 0 bridgehead atoms. The average molecular weight is 516 g/mol. The van der Waals surface area contributed by atoms with E-state index >= 15 is 0 Å². The van der Waals surface area contributed by atoms with Crippen molar-refractivity contribution in [3.8, 4) is 16.9 Å². The Labute approximate surface area is 227 Å². The zero-order valence-corrected chi connectivity index (χ0v) is 23.4. The molecule has 0 aromatic heterocycles. The number of esters is 1. The molecule has 0 radical (unpaired) electrons. The van der Waals surface area contributed by atoms with Crippen molar-refractivity contribution in [3.63, 3.8) is 0 Å². The highest BCUT2D eigenvalue weighted by atomic mass is 16.5. The van der Waals surface area contributed by atoms with Gasteiger partial charge in [-0.3, -0.25) is 14.6 Å². The van der Waals surface area contributed by atoms with Gasteiger partial charge in [-0.15, -0.1) is 0 Å². The van der Waals surface area contributed by atoms with E-state index in [0.717, 1.165) is 24.1 Å². The molecule has 0 heterocycles. The van der Waals surface area contributed by atoms with Crippen molar-refractivity contribution in [2.45, 2.75) is 59.8 Å². The van der Waals surface area contributed by atoms with Crippen LogP contribution < -0.4 is 4.74 Å². The fourth-order valence-electron chi connectivity index (χ4n) is 4.03. The molecule has 0 aliphatic carbocycles. The molecule has 38 heavy (non-hydrogen) atoms. The molecule has 0 fully saturated rings. The van der Waals surface area contributed by atoms with E-state index in [1.165, 1.54) is 11.1 Å². The predicted octanol–water partition coefficient (Wildman–Crippen LogP) is 7.67. The van der Waals surface area contributed by atoms with E-state index in [1.807, 2.05) is 38.1 Å². The Bertz CT molecular complexity index is 1150. The van der Waals surface area contributed by atoms with E-state index in [0.29, 0.717) is 24.5 Å². The molecular formula is C33H41NO4. The summed E-state index contributed by atoms with van der Waals surface area (Å²) in [6, 6.07) is 26.0. The summed E-state index contributed by atoms with van der Waals surface area (Å²) in [7, 11) is 0. The summed E-state index contributed by atoms with van der Waals surface area (Å²) in [5.41, 5.74) is 5.20. The summed E-state index contributed by atoms with van der Waals surface area (Å²) in [5.74, 6) is -0.964. The van der Waals surface area contributed by atoms with Gasteiger partial charge in [-0.1, -0.05) is 94.4 Å². The third-order valence-electron chi connectivity index (χ3n) is 5.92. The summed E-state index contributed by atoms with van der Waals surface area (Å²) in [5, 5.41) is 0. The van der Waals surface area contributed by atoms with Gasteiger partial charge in [0.25, 0.3) is 0 Å². The number of hydrogen-bond donors (Lipinski definition) is 0. The van der Waals surface area contributed by atoms with Crippen molar-refractivity contribution in [3.05, 3.63) is 90.0 Å². The fraction of sp³-hybridized carbons (Fsp3) is 0.364. The molecule has 1 unspecified atom stereocenters. The lowest BCUT2D eigenvalue weighted by Crippen LogP contribution is -2.23. The Morgan fingerprint density at radius 2 is 1.50 bits per heavy atom. The molecule has 3 aromatic rings. The van der Waals surface area contributed by atoms with Crippen molar-refractivity contribution in [1.29, 1.82) is 0 Å². The van der Waals surface area contributed by atoms with Crippen LogP contribution in [0.1, 0.15) is 70.9 Å². The van der Waals surface area contributed by atoms with E-state index in [4.69, 9.17) is 14.5 Å². The van der Waals surface area contributed by atoms with Gasteiger partial charge in [0.05, 0.1) is 13.2 Å². The molecule has 0 aliphatic rings. The summed E-state index contributed by atoms with van der Waals surface area (Å²) in [4.78, 5) is 29.5. The van der Waals surface area contributed by atoms with Gasteiger partial charge >= 0.3 is 5.97 Å². The molecule has 3 rings (SSSR count). The van der Waals surface area contributed by atoms with Crippen LogP contribution in [0, 0.1) is 0 Å². The predicted molar refractivity (Wildman–Crippen MR) is 156 cm³/mol. The molecule has 5 nitrogen and oxygen atoms in total. The maximum absolute atomic E-state index is 12.4. The topological polar surface area (TPSA) is 65.0 Å². The number of aliphatic imine (C=N–C) groups is 1. The summed E-state index contributed by atoms with van der Waals surface area (Å²) in [6.45, 7) is 11.0. The lowest BCUT2D eigenvalue weighted by atomic mass is 9.93. The Balaban J connectivity index is 0.00000247. The van der Waals surface area contributed by atoms with Crippen molar-refractivity contribution < 1.29 is 19.1 Å². The standard InChI is InChI=1S/C31H35NO4.C2H6/c1-4-28(25-18-16-24(17-19-25)23-12-8-7-9-13-23)32-20-11-21-36-27-15-10-14-26(22-27)30(29(33)5-2)31(34)35-6-3;1-2/h7-10,12-19,22,30H,4-6,11,20-21H2,1-3H3;1-2H3. The number of carbonyl (C=O) groups excluding carboxylic acids is 2. The van der Waals surface area contributed by atoms with Gasteiger partial charge in [-0.2, -0.15) is 0 Å². The number of hydrogen-bond acceptors (Lipinski definition) is 5. The quantitative estimate of drug-likeness (QED) is 0.101. The second kappa shape index (κ2) is 16.9. The molecule has 0 spiro atoms. The van der Waals surface area contributed by atoms with Gasteiger partial charge in [0, 0.05) is 25.1 Å². The van der Waals surface area contributed by atoms with Gasteiger partial charge < -0.3 is 9.47 Å². The average Bonchev–Trinajstić information content (AvgIpc) is 2.97. The van der Waals surface area contributed by atoms with E-state index < -0.39 is 11.9 Å². The van der Waals surface area contributed by atoms with Crippen molar-refractivity contribution in [2.24, 2.45) is 4.99 Å². The van der Waals surface area contributed by atoms with Gasteiger partial charge in [-0.25, -0.2) is 0 Å². The third-order valence-corrected chi connectivity index (χ3v) is 5.92. The van der Waals surface area contributed by atoms with Gasteiger partial charge in [0.2, 0.25) is 0 Å². The third kappa shape index (κ3) is 8.98. The number of ether oxygens (including phenoxy) is 2. The Kier molecular flexibility index (Phi) is 13.6. The van der Waals surface area contributed by atoms with Crippen LogP contribution in [0.4, 0.5) is 0 Å². The summed E-state index contributed by atoms with van der Waals surface area (Å²) >= 11 is 0. The van der Waals surface area contributed by atoms with Crippen LogP contribution >= 0.6 is 0 Å². The van der Waals surface area contributed by atoms with Crippen molar-refractivity contribution >= 4 is 17.5 Å². The minimum atomic E-state index is -0.913. The van der Waals surface area contributed by atoms with Crippen LogP contribution in [0.2, 0.25) is 0 Å². The van der Waals surface area contributed by atoms with Crippen molar-refractivity contribution in [2.75, 3.05) is 19.8 Å². The van der Waals surface area contributed by atoms with Gasteiger partial charge in [-0.05, 0) is 47.7 Å². The first kappa shape index (κ1) is 30.5. The van der Waals surface area contributed by atoms with E-state index in [1.54, 1.807) is 32.0 Å². The zero-order chi connectivity index (χ0) is 27.8. The highest BCUT2D eigenvalue weighted by Crippen LogP contribution is 2.25. The number of carbonyl (C=O) groups is 2. The van der Waals surface area contributed by atoms with Gasteiger partial charge in [0.1, 0.15) is 11.7 Å². The number of rotatable bonds is 13. The molecular weight excluding hydrogens is 474 g/mol. The van der Waals surface area contributed by atoms with Crippen LogP contribution in [0.5, 0.6) is 5.75 Å². The van der Waals surface area contributed by atoms with Crippen LogP contribution in [0.3, 0.4) is 0 Å². The van der Waals surface area contributed by atoms with E-state index in [9.17, 15) is 9.59 Å². The lowest BCUT2D eigenvalue weighted by Gasteiger charge is -2.15. The minimum Gasteiger partial charge on any atom is -0.494 e. The highest BCUT2D eigenvalue weighted by molar-refractivity contribution is 6.04. The number of Topliss-reactive ketones (excluding diaryl/α,β-unsaturated/α-hetero) is 1. The molecule has 5 heteroatoms. The van der Waals surface area contributed by atoms with Crippen molar-refractivity contribution in [1.82, 2.24) is 0 Å².